The van der Waals surface area contributed by atoms with E-state index < -0.39 is 4.92 Å². The maximum Gasteiger partial charge on any atom is 0.273 e. The third-order valence-corrected chi connectivity index (χ3v) is 3.28. The highest BCUT2D eigenvalue weighted by Gasteiger charge is 2.22. The molecule has 7 heteroatoms. The predicted octanol–water partition coefficient (Wildman–Crippen LogP) is 2.30. The van der Waals surface area contributed by atoms with Gasteiger partial charge in [0.1, 0.15) is 5.75 Å². The number of rotatable bonds is 5. The van der Waals surface area contributed by atoms with Crippen molar-refractivity contribution in [1.82, 2.24) is 4.90 Å². The smallest absolute Gasteiger partial charge is 0.273 e. The highest BCUT2D eigenvalue weighted by Crippen LogP contribution is 2.26. The van der Waals surface area contributed by atoms with E-state index in [9.17, 15) is 14.9 Å². The molecule has 0 aliphatic rings. The Bertz CT molecular complexity index is 493. The number of nitro benzene ring substituents is 1. The Morgan fingerprint density at radius 1 is 1.58 bits per heavy atom. The molecule has 104 valence electrons. The molecule has 1 unspecified atom stereocenters. The average Bonchev–Trinajstić information content (AvgIpc) is 2.43. The molecule has 1 aromatic carbocycles. The number of ether oxygens (including phenoxy) is 1. The number of nitro groups is 1. The number of methoxy groups -OCH3 is 1. The van der Waals surface area contributed by atoms with Crippen LogP contribution in [0.25, 0.3) is 0 Å². The van der Waals surface area contributed by atoms with Crippen molar-refractivity contribution < 1.29 is 14.5 Å². The lowest BCUT2D eigenvalue weighted by atomic mass is 10.1. The fourth-order valence-corrected chi connectivity index (χ4v) is 1.67. The number of non-ortho nitro benzene ring substituents is 1. The first kappa shape index (κ1) is 15.2. The number of carbonyl (C=O) groups is 1. The Kier molecular flexibility index (Phi) is 5.11. The molecule has 0 aromatic heterocycles. The number of alkyl halides is 1. The van der Waals surface area contributed by atoms with Crippen molar-refractivity contribution in [2.24, 2.45) is 0 Å². The van der Waals surface area contributed by atoms with Crippen LogP contribution in [-0.4, -0.2) is 41.8 Å². The van der Waals surface area contributed by atoms with Crippen molar-refractivity contribution in [3.63, 3.8) is 0 Å². The third kappa shape index (κ3) is 3.35. The summed E-state index contributed by atoms with van der Waals surface area (Å²) < 4.78 is 5.04. The lowest BCUT2D eigenvalue weighted by Crippen LogP contribution is -2.36. The second-order valence-corrected chi connectivity index (χ2v) is 4.37. The highest BCUT2D eigenvalue weighted by atomic mass is 35.5. The minimum atomic E-state index is -0.540. The molecule has 0 bridgehead atoms. The van der Waals surface area contributed by atoms with E-state index in [1.165, 1.54) is 30.2 Å². The normalized spacial score (nSPS) is 11.8. The molecule has 0 N–H and O–H groups in total. The van der Waals surface area contributed by atoms with E-state index >= 15 is 0 Å². The fourth-order valence-electron chi connectivity index (χ4n) is 1.46. The van der Waals surface area contributed by atoms with Crippen molar-refractivity contribution in [1.29, 1.82) is 0 Å². The number of halogens is 1. The minimum absolute atomic E-state index is 0.124. The van der Waals surface area contributed by atoms with Crippen LogP contribution < -0.4 is 4.74 Å². The SMILES string of the molecule is COc1cc([N+](=O)[O-])ccc1C(=O)N(C)C(C)CCl. The molecular formula is C12H15ClN2O4. The first-order chi connectivity index (χ1) is 8.92. The van der Waals surface area contributed by atoms with Crippen LogP contribution in [0.2, 0.25) is 0 Å². The molecule has 0 aliphatic heterocycles. The number of hydrogen-bond donors (Lipinski definition) is 0. The van der Waals surface area contributed by atoms with Crippen molar-refractivity contribution in [3.05, 3.63) is 33.9 Å². The zero-order valence-electron chi connectivity index (χ0n) is 10.9. The summed E-state index contributed by atoms with van der Waals surface area (Å²) in [7, 11) is 2.98. The summed E-state index contributed by atoms with van der Waals surface area (Å²) in [6, 6.07) is 3.74. The predicted molar refractivity (Wildman–Crippen MR) is 71.9 cm³/mol. The topological polar surface area (TPSA) is 72.7 Å². The van der Waals surface area contributed by atoms with E-state index in [0.717, 1.165) is 0 Å². The summed E-state index contributed by atoms with van der Waals surface area (Å²) in [5.74, 6) is 0.185. The zero-order chi connectivity index (χ0) is 14.6. The summed E-state index contributed by atoms with van der Waals surface area (Å²) in [6.07, 6.45) is 0. The van der Waals surface area contributed by atoms with E-state index in [1.807, 2.05) is 6.92 Å². The van der Waals surface area contributed by atoms with Gasteiger partial charge in [-0.3, -0.25) is 14.9 Å². The molecule has 0 aliphatic carbocycles. The monoisotopic (exact) mass is 286 g/mol. The van der Waals surface area contributed by atoms with Crippen LogP contribution in [0.5, 0.6) is 5.75 Å². The van der Waals surface area contributed by atoms with Gasteiger partial charge in [-0.25, -0.2) is 0 Å². The summed E-state index contributed by atoms with van der Waals surface area (Å²) in [6.45, 7) is 1.81. The molecular weight excluding hydrogens is 272 g/mol. The van der Waals surface area contributed by atoms with Gasteiger partial charge in [0.25, 0.3) is 11.6 Å². The summed E-state index contributed by atoms with van der Waals surface area (Å²) in [5.41, 5.74) is 0.147. The zero-order valence-corrected chi connectivity index (χ0v) is 11.7. The summed E-state index contributed by atoms with van der Waals surface area (Å²) in [4.78, 5) is 23.8. The Hall–Kier alpha value is -1.82. The minimum Gasteiger partial charge on any atom is -0.496 e. The molecule has 0 fully saturated rings. The number of nitrogens with zero attached hydrogens (tertiary/aromatic N) is 2. The van der Waals surface area contributed by atoms with Crippen LogP contribution in [0.3, 0.4) is 0 Å². The Labute approximate surface area is 116 Å². The Morgan fingerprint density at radius 2 is 2.21 bits per heavy atom. The fraction of sp³-hybridized carbons (Fsp3) is 0.417. The summed E-state index contributed by atoms with van der Waals surface area (Å²) in [5, 5.41) is 10.7. The molecule has 19 heavy (non-hydrogen) atoms. The first-order valence-corrected chi connectivity index (χ1v) is 6.11. The van der Waals surface area contributed by atoms with Gasteiger partial charge in [-0.1, -0.05) is 0 Å². The molecule has 0 heterocycles. The quantitative estimate of drug-likeness (QED) is 0.473. The van der Waals surface area contributed by atoms with E-state index in [0.29, 0.717) is 5.88 Å². The van der Waals surface area contributed by atoms with Crippen LogP contribution in [-0.2, 0) is 0 Å². The Morgan fingerprint density at radius 3 is 2.68 bits per heavy atom. The maximum atomic E-state index is 12.2. The number of amides is 1. The van der Waals surface area contributed by atoms with Crippen LogP contribution in [0.15, 0.2) is 18.2 Å². The van der Waals surface area contributed by atoms with E-state index in [-0.39, 0.29) is 28.9 Å². The number of benzene rings is 1. The molecule has 1 amide bonds. The lowest BCUT2D eigenvalue weighted by molar-refractivity contribution is -0.384. The van der Waals surface area contributed by atoms with E-state index in [1.54, 1.807) is 7.05 Å². The maximum absolute atomic E-state index is 12.2. The van der Waals surface area contributed by atoms with Crippen molar-refractivity contribution in [3.8, 4) is 5.75 Å². The van der Waals surface area contributed by atoms with Crippen molar-refractivity contribution in [2.75, 3.05) is 20.0 Å². The lowest BCUT2D eigenvalue weighted by Gasteiger charge is -2.23. The molecule has 1 aromatic rings. The third-order valence-electron chi connectivity index (χ3n) is 2.83. The van der Waals surface area contributed by atoms with Crippen molar-refractivity contribution >= 4 is 23.2 Å². The molecule has 0 radical (unpaired) electrons. The molecule has 0 spiro atoms. The van der Waals surface area contributed by atoms with Gasteiger partial charge in [-0.2, -0.15) is 0 Å². The molecule has 1 rings (SSSR count). The number of carbonyl (C=O) groups excluding carboxylic acids is 1. The second kappa shape index (κ2) is 6.38. The largest absolute Gasteiger partial charge is 0.496 e. The van der Waals surface area contributed by atoms with Gasteiger partial charge in [0.05, 0.1) is 23.7 Å². The van der Waals surface area contributed by atoms with Crippen LogP contribution >= 0.6 is 11.6 Å². The average molecular weight is 287 g/mol. The first-order valence-electron chi connectivity index (χ1n) is 5.58. The van der Waals surface area contributed by atoms with E-state index in [4.69, 9.17) is 16.3 Å². The van der Waals surface area contributed by atoms with Gasteiger partial charge in [-0.05, 0) is 13.0 Å². The van der Waals surface area contributed by atoms with Crippen LogP contribution in [0.1, 0.15) is 17.3 Å². The van der Waals surface area contributed by atoms with Gasteiger partial charge < -0.3 is 9.64 Å². The van der Waals surface area contributed by atoms with E-state index in [2.05, 4.69) is 0 Å². The standard InChI is InChI=1S/C12H15ClN2O4/c1-8(7-13)14(2)12(16)10-5-4-9(15(17)18)6-11(10)19-3/h4-6,8H,7H2,1-3H3. The van der Waals surface area contributed by atoms with Gasteiger partial charge in [0.15, 0.2) is 0 Å². The highest BCUT2D eigenvalue weighted by molar-refractivity contribution is 6.18. The van der Waals surface area contributed by atoms with Crippen molar-refractivity contribution in [2.45, 2.75) is 13.0 Å². The van der Waals surface area contributed by atoms with Crippen LogP contribution in [0, 0.1) is 10.1 Å². The molecule has 0 saturated carbocycles. The van der Waals surface area contributed by atoms with Gasteiger partial charge >= 0.3 is 0 Å². The van der Waals surface area contributed by atoms with Gasteiger partial charge in [-0.15, -0.1) is 11.6 Å². The second-order valence-electron chi connectivity index (χ2n) is 4.06. The number of hydrogen-bond acceptors (Lipinski definition) is 4. The molecule has 1 atom stereocenters. The Balaban J connectivity index is 3.13. The molecule has 0 saturated heterocycles. The van der Waals surface area contributed by atoms with Gasteiger partial charge in [0, 0.05) is 25.0 Å². The molecule has 6 nitrogen and oxygen atoms in total. The van der Waals surface area contributed by atoms with Crippen LogP contribution in [0.4, 0.5) is 5.69 Å². The van der Waals surface area contributed by atoms with Gasteiger partial charge in [0.2, 0.25) is 0 Å². The summed E-state index contributed by atoms with van der Waals surface area (Å²) >= 11 is 5.70.